The van der Waals surface area contributed by atoms with E-state index >= 15 is 0 Å². The van der Waals surface area contributed by atoms with Gasteiger partial charge in [0, 0.05) is 11.2 Å². The SMILES string of the molecule is CCCC[C@@H](C(=O)OC)N1c2ccccc2[C@@H](C)CC1(C)C. The number of unbranched alkanes of at least 4 members (excludes halogenated alkanes) is 1. The van der Waals surface area contributed by atoms with Crippen LogP contribution in [0.5, 0.6) is 0 Å². The van der Waals surface area contributed by atoms with Crippen LogP contribution in [0, 0.1) is 0 Å². The number of ether oxygens (including phenoxy) is 1. The first-order chi connectivity index (χ1) is 10.4. The number of hydrogen-bond donors (Lipinski definition) is 0. The van der Waals surface area contributed by atoms with E-state index in [9.17, 15) is 4.79 Å². The Morgan fingerprint density at radius 2 is 2.09 bits per heavy atom. The molecule has 3 nitrogen and oxygen atoms in total. The fourth-order valence-electron chi connectivity index (χ4n) is 3.88. The van der Waals surface area contributed by atoms with Crippen molar-refractivity contribution in [3.63, 3.8) is 0 Å². The third-order valence-electron chi connectivity index (χ3n) is 4.80. The minimum atomic E-state index is -0.200. The number of anilines is 1. The zero-order valence-electron chi connectivity index (χ0n) is 14.6. The van der Waals surface area contributed by atoms with Crippen molar-refractivity contribution in [2.45, 2.75) is 70.9 Å². The van der Waals surface area contributed by atoms with Crippen LogP contribution in [0.15, 0.2) is 24.3 Å². The van der Waals surface area contributed by atoms with E-state index in [1.807, 2.05) is 0 Å². The number of hydrogen-bond acceptors (Lipinski definition) is 3. The Morgan fingerprint density at radius 1 is 1.41 bits per heavy atom. The molecule has 0 fully saturated rings. The van der Waals surface area contributed by atoms with Gasteiger partial charge in [-0.05, 0) is 44.2 Å². The molecule has 22 heavy (non-hydrogen) atoms. The molecule has 0 N–H and O–H groups in total. The van der Waals surface area contributed by atoms with E-state index < -0.39 is 0 Å². The number of esters is 1. The van der Waals surface area contributed by atoms with Crippen LogP contribution in [-0.2, 0) is 9.53 Å². The van der Waals surface area contributed by atoms with Crippen LogP contribution < -0.4 is 4.90 Å². The van der Waals surface area contributed by atoms with Crippen LogP contribution in [0.25, 0.3) is 0 Å². The van der Waals surface area contributed by atoms with Gasteiger partial charge in [0.1, 0.15) is 6.04 Å². The standard InChI is InChI=1S/C19H29NO2/c1-6-7-11-17(18(21)22-5)20-16-12-9-8-10-15(16)14(2)13-19(20,3)4/h8-10,12,14,17H,6-7,11,13H2,1-5H3/t14-,17-/m0/s1. The Morgan fingerprint density at radius 3 is 2.73 bits per heavy atom. The van der Waals surface area contributed by atoms with Gasteiger partial charge < -0.3 is 9.64 Å². The van der Waals surface area contributed by atoms with Gasteiger partial charge in [-0.25, -0.2) is 4.79 Å². The van der Waals surface area contributed by atoms with E-state index in [0.29, 0.717) is 5.92 Å². The minimum Gasteiger partial charge on any atom is -0.467 e. The van der Waals surface area contributed by atoms with Crippen molar-refractivity contribution in [2.75, 3.05) is 12.0 Å². The van der Waals surface area contributed by atoms with E-state index in [1.54, 1.807) is 0 Å². The summed E-state index contributed by atoms with van der Waals surface area (Å²) in [7, 11) is 1.49. The van der Waals surface area contributed by atoms with Gasteiger partial charge in [-0.3, -0.25) is 0 Å². The van der Waals surface area contributed by atoms with Gasteiger partial charge in [0.2, 0.25) is 0 Å². The molecular weight excluding hydrogens is 274 g/mol. The first-order valence-corrected chi connectivity index (χ1v) is 8.38. The second-order valence-corrected chi connectivity index (χ2v) is 7.03. The van der Waals surface area contributed by atoms with Crippen molar-refractivity contribution in [1.82, 2.24) is 0 Å². The molecule has 0 saturated heterocycles. The Bertz CT molecular complexity index is 524. The number of para-hydroxylation sites is 1. The Balaban J connectivity index is 2.48. The zero-order valence-corrected chi connectivity index (χ0v) is 14.6. The summed E-state index contributed by atoms with van der Waals surface area (Å²) in [5.74, 6) is 0.387. The molecule has 122 valence electrons. The smallest absolute Gasteiger partial charge is 0.328 e. The van der Waals surface area contributed by atoms with Gasteiger partial charge in [0.25, 0.3) is 0 Å². The zero-order chi connectivity index (χ0) is 16.3. The summed E-state index contributed by atoms with van der Waals surface area (Å²) < 4.78 is 5.12. The summed E-state index contributed by atoms with van der Waals surface area (Å²) >= 11 is 0. The molecule has 0 radical (unpaired) electrons. The van der Waals surface area contributed by atoms with Gasteiger partial charge in [0.05, 0.1) is 7.11 Å². The molecule has 0 unspecified atom stereocenters. The highest BCUT2D eigenvalue weighted by Crippen LogP contribution is 2.44. The third kappa shape index (κ3) is 3.13. The van der Waals surface area contributed by atoms with Crippen LogP contribution in [0.3, 0.4) is 0 Å². The number of methoxy groups -OCH3 is 1. The second kappa shape index (κ2) is 6.72. The molecule has 3 heteroatoms. The largest absolute Gasteiger partial charge is 0.467 e. The van der Waals surface area contributed by atoms with Gasteiger partial charge in [-0.1, -0.05) is 44.9 Å². The topological polar surface area (TPSA) is 29.5 Å². The first-order valence-electron chi connectivity index (χ1n) is 8.38. The predicted molar refractivity (Wildman–Crippen MR) is 91.4 cm³/mol. The van der Waals surface area contributed by atoms with Gasteiger partial charge in [0.15, 0.2) is 0 Å². The molecule has 1 aromatic carbocycles. The van der Waals surface area contributed by atoms with Crippen LogP contribution in [0.1, 0.15) is 64.9 Å². The van der Waals surface area contributed by atoms with Crippen molar-refractivity contribution < 1.29 is 9.53 Å². The Labute approximate surface area is 134 Å². The molecule has 0 aliphatic carbocycles. The molecule has 1 aliphatic heterocycles. The molecule has 2 atom stereocenters. The summed E-state index contributed by atoms with van der Waals surface area (Å²) in [5.41, 5.74) is 2.48. The normalized spacial score (nSPS) is 21.1. The van der Waals surface area contributed by atoms with Crippen molar-refractivity contribution in [1.29, 1.82) is 0 Å². The quantitative estimate of drug-likeness (QED) is 0.750. The molecule has 0 bridgehead atoms. The van der Waals surface area contributed by atoms with Crippen LogP contribution >= 0.6 is 0 Å². The Hall–Kier alpha value is -1.51. The lowest BCUT2D eigenvalue weighted by Gasteiger charge is -2.50. The van der Waals surface area contributed by atoms with Crippen molar-refractivity contribution in [3.8, 4) is 0 Å². The lowest BCUT2D eigenvalue weighted by atomic mass is 9.78. The maximum Gasteiger partial charge on any atom is 0.328 e. The predicted octanol–water partition coefficient (Wildman–Crippen LogP) is 4.51. The molecular formula is C19H29NO2. The lowest BCUT2D eigenvalue weighted by Crippen LogP contribution is -2.56. The van der Waals surface area contributed by atoms with E-state index in [1.165, 1.54) is 18.4 Å². The van der Waals surface area contributed by atoms with Crippen molar-refractivity contribution in [3.05, 3.63) is 29.8 Å². The lowest BCUT2D eigenvalue weighted by molar-refractivity contribution is -0.142. The van der Waals surface area contributed by atoms with Crippen molar-refractivity contribution >= 4 is 11.7 Å². The number of fused-ring (bicyclic) bond motifs is 1. The maximum absolute atomic E-state index is 12.4. The highest BCUT2D eigenvalue weighted by molar-refractivity contribution is 5.81. The average molecular weight is 303 g/mol. The number of nitrogens with zero attached hydrogens (tertiary/aromatic N) is 1. The molecule has 1 heterocycles. The van der Waals surface area contributed by atoms with Crippen LogP contribution in [-0.4, -0.2) is 24.7 Å². The number of carbonyl (C=O) groups excluding carboxylic acids is 1. The summed E-state index contributed by atoms with van der Waals surface area (Å²) in [6.45, 7) is 8.91. The fourth-order valence-corrected chi connectivity index (χ4v) is 3.88. The Kier molecular flexibility index (Phi) is 5.15. The number of benzene rings is 1. The van der Waals surface area contributed by atoms with E-state index in [2.05, 4.69) is 56.9 Å². The van der Waals surface area contributed by atoms with E-state index in [-0.39, 0.29) is 17.6 Å². The van der Waals surface area contributed by atoms with Crippen molar-refractivity contribution in [2.24, 2.45) is 0 Å². The number of carbonyl (C=O) groups is 1. The third-order valence-corrected chi connectivity index (χ3v) is 4.80. The monoisotopic (exact) mass is 303 g/mol. The highest BCUT2D eigenvalue weighted by atomic mass is 16.5. The first kappa shape index (κ1) is 16.9. The molecule has 1 aliphatic rings. The summed E-state index contributed by atoms with van der Waals surface area (Å²) in [5, 5.41) is 0. The summed E-state index contributed by atoms with van der Waals surface area (Å²) in [4.78, 5) is 14.7. The van der Waals surface area contributed by atoms with E-state index in [0.717, 1.165) is 25.7 Å². The van der Waals surface area contributed by atoms with Gasteiger partial charge in [-0.2, -0.15) is 0 Å². The molecule has 0 amide bonds. The van der Waals surface area contributed by atoms with Crippen LogP contribution in [0.2, 0.25) is 0 Å². The molecule has 0 aromatic heterocycles. The number of rotatable bonds is 5. The fraction of sp³-hybridized carbons (Fsp3) is 0.632. The second-order valence-electron chi connectivity index (χ2n) is 7.03. The molecule has 2 rings (SSSR count). The minimum absolute atomic E-state index is 0.0552. The molecule has 0 saturated carbocycles. The van der Waals surface area contributed by atoms with E-state index in [4.69, 9.17) is 4.74 Å². The van der Waals surface area contributed by atoms with Gasteiger partial charge in [-0.15, -0.1) is 0 Å². The average Bonchev–Trinajstić information content (AvgIpc) is 2.49. The maximum atomic E-state index is 12.4. The molecule has 1 aromatic rings. The molecule has 0 spiro atoms. The van der Waals surface area contributed by atoms with Gasteiger partial charge >= 0.3 is 5.97 Å². The summed E-state index contributed by atoms with van der Waals surface area (Å²) in [6, 6.07) is 8.29. The summed E-state index contributed by atoms with van der Waals surface area (Å²) in [6.07, 6.45) is 4.00. The van der Waals surface area contributed by atoms with Crippen LogP contribution in [0.4, 0.5) is 5.69 Å². The highest BCUT2D eigenvalue weighted by Gasteiger charge is 2.42.